The van der Waals surface area contributed by atoms with Crippen molar-refractivity contribution in [3.8, 4) is 0 Å². The molecule has 3 aromatic rings. The van der Waals surface area contributed by atoms with Crippen LogP contribution in [-0.4, -0.2) is 0 Å². The fraction of sp³-hybridized carbons (Fsp3) is 0.125. The summed E-state index contributed by atoms with van der Waals surface area (Å²) in [5, 5.41) is 4.61. The largest absolute Gasteiger partial charge is 0.459 e. The Balaban J connectivity index is 1.89. The van der Waals surface area contributed by atoms with E-state index in [1.807, 2.05) is 24.3 Å². The third-order valence-corrected chi connectivity index (χ3v) is 4.60. The number of nitrogens with one attached hydrogen (secondary N) is 1. The second-order valence-electron chi connectivity index (χ2n) is 4.68. The van der Waals surface area contributed by atoms with Gasteiger partial charge in [0.15, 0.2) is 0 Å². The minimum atomic E-state index is 0.122. The molecule has 1 unspecified atom stereocenters. The van der Waals surface area contributed by atoms with Crippen LogP contribution in [0.15, 0.2) is 57.4 Å². The lowest BCUT2D eigenvalue weighted by atomic mass is 10.2. The van der Waals surface area contributed by atoms with Crippen molar-refractivity contribution >= 4 is 55.2 Å². The van der Waals surface area contributed by atoms with Gasteiger partial charge in [0.25, 0.3) is 0 Å². The second kappa shape index (κ2) is 5.77. The molecule has 0 aliphatic rings. The van der Waals surface area contributed by atoms with Crippen molar-refractivity contribution in [1.82, 2.24) is 0 Å². The molecule has 0 radical (unpaired) electrons. The molecular formula is C16H13BrINO. The summed E-state index contributed by atoms with van der Waals surface area (Å²) in [5.74, 6) is 0.942. The quantitative estimate of drug-likeness (QED) is 0.506. The fourth-order valence-electron chi connectivity index (χ4n) is 2.13. The highest BCUT2D eigenvalue weighted by molar-refractivity contribution is 14.1. The van der Waals surface area contributed by atoms with Crippen molar-refractivity contribution in [2.75, 3.05) is 5.32 Å². The molecule has 0 aliphatic carbocycles. The number of anilines is 1. The Kier molecular flexibility index (Phi) is 4.03. The number of furan rings is 1. The minimum Gasteiger partial charge on any atom is -0.459 e. The maximum absolute atomic E-state index is 5.91. The van der Waals surface area contributed by atoms with Crippen LogP contribution in [0, 0.1) is 3.57 Å². The van der Waals surface area contributed by atoms with E-state index in [9.17, 15) is 0 Å². The third-order valence-electron chi connectivity index (χ3n) is 3.17. The van der Waals surface area contributed by atoms with Crippen molar-refractivity contribution in [2.24, 2.45) is 0 Å². The Morgan fingerprint density at radius 3 is 2.75 bits per heavy atom. The monoisotopic (exact) mass is 441 g/mol. The molecule has 2 aromatic carbocycles. The van der Waals surface area contributed by atoms with E-state index in [2.05, 4.69) is 75.0 Å². The van der Waals surface area contributed by atoms with E-state index >= 15 is 0 Å². The van der Waals surface area contributed by atoms with E-state index in [4.69, 9.17) is 4.42 Å². The average molecular weight is 442 g/mol. The standard InChI is InChI=1S/C16H13BrINO/c1-10(19-14-5-3-2-4-13(14)18)16-9-11-8-12(17)6-7-15(11)20-16/h2-10,19H,1H3. The van der Waals surface area contributed by atoms with Gasteiger partial charge in [0.05, 0.1) is 6.04 Å². The Labute approximate surface area is 139 Å². The first-order chi connectivity index (χ1) is 9.63. The van der Waals surface area contributed by atoms with Gasteiger partial charge >= 0.3 is 0 Å². The van der Waals surface area contributed by atoms with Crippen molar-refractivity contribution in [1.29, 1.82) is 0 Å². The Morgan fingerprint density at radius 1 is 1.15 bits per heavy atom. The predicted molar refractivity (Wildman–Crippen MR) is 95.1 cm³/mol. The van der Waals surface area contributed by atoms with Gasteiger partial charge in [-0.3, -0.25) is 0 Å². The van der Waals surface area contributed by atoms with Crippen LogP contribution in [0.4, 0.5) is 5.69 Å². The topological polar surface area (TPSA) is 25.2 Å². The van der Waals surface area contributed by atoms with E-state index in [1.54, 1.807) is 0 Å². The smallest absolute Gasteiger partial charge is 0.134 e. The molecule has 0 saturated carbocycles. The number of rotatable bonds is 3. The SMILES string of the molecule is CC(Nc1ccccc1I)c1cc2cc(Br)ccc2o1. The first kappa shape index (κ1) is 13.9. The summed E-state index contributed by atoms with van der Waals surface area (Å²) in [5.41, 5.74) is 2.04. The van der Waals surface area contributed by atoms with Crippen molar-refractivity contribution in [3.05, 3.63) is 62.3 Å². The molecule has 0 saturated heterocycles. The molecule has 1 heterocycles. The van der Waals surface area contributed by atoms with Crippen LogP contribution >= 0.6 is 38.5 Å². The lowest BCUT2D eigenvalue weighted by Gasteiger charge is -2.14. The summed E-state index contributed by atoms with van der Waals surface area (Å²) in [6.45, 7) is 2.11. The highest BCUT2D eigenvalue weighted by Gasteiger charge is 2.12. The van der Waals surface area contributed by atoms with Crippen LogP contribution in [0.5, 0.6) is 0 Å². The molecule has 0 amide bonds. The number of benzene rings is 2. The molecule has 20 heavy (non-hydrogen) atoms. The molecule has 0 bridgehead atoms. The van der Waals surface area contributed by atoms with E-state index in [1.165, 1.54) is 3.57 Å². The zero-order chi connectivity index (χ0) is 14.1. The molecule has 1 atom stereocenters. The normalized spacial score (nSPS) is 12.6. The first-order valence-electron chi connectivity index (χ1n) is 6.33. The van der Waals surface area contributed by atoms with Gasteiger partial charge in [0.1, 0.15) is 11.3 Å². The van der Waals surface area contributed by atoms with Crippen molar-refractivity contribution in [3.63, 3.8) is 0 Å². The summed E-state index contributed by atoms with van der Waals surface area (Å²) in [4.78, 5) is 0. The van der Waals surface area contributed by atoms with Gasteiger partial charge < -0.3 is 9.73 Å². The first-order valence-corrected chi connectivity index (χ1v) is 8.21. The summed E-state index contributed by atoms with van der Waals surface area (Å²) in [6.07, 6.45) is 0. The zero-order valence-electron chi connectivity index (χ0n) is 10.9. The highest BCUT2D eigenvalue weighted by atomic mass is 127. The van der Waals surface area contributed by atoms with Gasteiger partial charge in [-0.2, -0.15) is 0 Å². The lowest BCUT2D eigenvalue weighted by Crippen LogP contribution is -2.06. The van der Waals surface area contributed by atoms with Crippen LogP contribution in [0.3, 0.4) is 0 Å². The lowest BCUT2D eigenvalue weighted by molar-refractivity contribution is 0.526. The zero-order valence-corrected chi connectivity index (χ0v) is 14.6. The van der Waals surface area contributed by atoms with Crippen LogP contribution in [-0.2, 0) is 0 Å². The van der Waals surface area contributed by atoms with E-state index in [0.717, 1.165) is 26.9 Å². The van der Waals surface area contributed by atoms with Gasteiger partial charge in [-0.05, 0) is 65.9 Å². The molecule has 3 rings (SSSR count). The van der Waals surface area contributed by atoms with Crippen LogP contribution in [0.1, 0.15) is 18.7 Å². The Hall–Kier alpha value is -1.01. The Bertz CT molecular complexity index is 753. The molecule has 1 aromatic heterocycles. The van der Waals surface area contributed by atoms with Gasteiger partial charge in [0.2, 0.25) is 0 Å². The van der Waals surface area contributed by atoms with E-state index < -0.39 is 0 Å². The molecule has 2 nitrogen and oxygen atoms in total. The van der Waals surface area contributed by atoms with Gasteiger partial charge in [0, 0.05) is 19.1 Å². The van der Waals surface area contributed by atoms with Crippen LogP contribution < -0.4 is 5.32 Å². The predicted octanol–water partition coefficient (Wildman–Crippen LogP) is 5.97. The molecular weight excluding hydrogens is 429 g/mol. The maximum Gasteiger partial charge on any atom is 0.134 e. The number of hydrogen-bond acceptors (Lipinski definition) is 2. The number of fused-ring (bicyclic) bond motifs is 1. The van der Waals surface area contributed by atoms with E-state index in [-0.39, 0.29) is 6.04 Å². The van der Waals surface area contributed by atoms with Crippen molar-refractivity contribution in [2.45, 2.75) is 13.0 Å². The summed E-state index contributed by atoms with van der Waals surface area (Å²) < 4.78 is 8.18. The van der Waals surface area contributed by atoms with Gasteiger partial charge in [-0.25, -0.2) is 0 Å². The Morgan fingerprint density at radius 2 is 1.95 bits per heavy atom. The van der Waals surface area contributed by atoms with Gasteiger partial charge in [-0.1, -0.05) is 28.1 Å². The number of para-hydroxylation sites is 1. The van der Waals surface area contributed by atoms with E-state index in [0.29, 0.717) is 0 Å². The molecule has 0 aliphatic heterocycles. The van der Waals surface area contributed by atoms with Crippen LogP contribution in [0.25, 0.3) is 11.0 Å². The highest BCUT2D eigenvalue weighted by Crippen LogP contribution is 2.29. The summed E-state index contributed by atoms with van der Waals surface area (Å²) in [7, 11) is 0. The molecule has 0 fully saturated rings. The van der Waals surface area contributed by atoms with Crippen molar-refractivity contribution < 1.29 is 4.42 Å². The summed E-state index contributed by atoms with van der Waals surface area (Å²) >= 11 is 5.82. The molecule has 102 valence electrons. The molecule has 1 N–H and O–H groups in total. The van der Waals surface area contributed by atoms with Gasteiger partial charge in [-0.15, -0.1) is 0 Å². The number of hydrogen-bond donors (Lipinski definition) is 1. The minimum absolute atomic E-state index is 0.122. The third kappa shape index (κ3) is 2.86. The van der Waals surface area contributed by atoms with Crippen LogP contribution in [0.2, 0.25) is 0 Å². The maximum atomic E-state index is 5.91. The number of halogens is 2. The average Bonchev–Trinajstić information content (AvgIpc) is 2.84. The molecule has 4 heteroatoms. The fourth-order valence-corrected chi connectivity index (χ4v) is 3.05. The molecule has 0 spiro atoms. The second-order valence-corrected chi connectivity index (χ2v) is 6.75. The summed E-state index contributed by atoms with van der Waals surface area (Å²) in [6, 6.07) is 16.5.